The van der Waals surface area contributed by atoms with Gasteiger partial charge in [0.1, 0.15) is 0 Å². The van der Waals surface area contributed by atoms with Gasteiger partial charge in [-0.1, -0.05) is 38.0 Å². The van der Waals surface area contributed by atoms with Crippen molar-refractivity contribution >= 4 is 17.0 Å². The molecule has 20 heavy (non-hydrogen) atoms. The number of thiazole rings is 1. The molecule has 1 aromatic heterocycles. The summed E-state index contributed by atoms with van der Waals surface area (Å²) < 4.78 is 2.47. The second kappa shape index (κ2) is 5.96. The summed E-state index contributed by atoms with van der Waals surface area (Å²) in [6.45, 7) is 4.60. The van der Waals surface area contributed by atoms with E-state index in [2.05, 4.69) is 35.9 Å². The minimum Gasteiger partial charge on any atom is -0.318 e. The molecule has 106 valence electrons. The number of para-hydroxylation sites is 1. The van der Waals surface area contributed by atoms with Gasteiger partial charge in [-0.2, -0.15) is 0 Å². The normalized spacial score (nSPS) is 24.0. The average Bonchev–Trinajstić information content (AvgIpc) is 2.82. The Bertz CT molecular complexity index is 624. The van der Waals surface area contributed by atoms with E-state index in [0.29, 0.717) is 6.04 Å². The van der Waals surface area contributed by atoms with E-state index in [9.17, 15) is 0 Å². The third-order valence-electron chi connectivity index (χ3n) is 4.30. The first kappa shape index (κ1) is 13.6. The molecule has 1 aliphatic carbocycles. The van der Waals surface area contributed by atoms with Crippen molar-refractivity contribution < 1.29 is 0 Å². The van der Waals surface area contributed by atoms with Crippen LogP contribution in [0.5, 0.6) is 0 Å². The molecular formula is C17H22N2S. The van der Waals surface area contributed by atoms with Crippen molar-refractivity contribution in [3.63, 3.8) is 0 Å². The number of nitrogens with zero attached hydrogens (tertiary/aromatic N) is 2. The standard InChI is InChI=1S/C17H22N2S/c1-13-8-6-7-11-16(13)19-14(2)12-20-17(19)18-15-9-4-3-5-10-15/h3-5,9-10,12-13,16H,6-8,11H2,1-2H3. The Hall–Kier alpha value is -1.35. The van der Waals surface area contributed by atoms with Crippen LogP contribution in [-0.2, 0) is 0 Å². The van der Waals surface area contributed by atoms with Crippen molar-refractivity contribution in [2.75, 3.05) is 0 Å². The van der Waals surface area contributed by atoms with Gasteiger partial charge in [0.15, 0.2) is 4.80 Å². The van der Waals surface area contributed by atoms with Crippen molar-refractivity contribution in [2.45, 2.75) is 45.6 Å². The molecule has 0 bridgehead atoms. The molecule has 1 aromatic carbocycles. The maximum absolute atomic E-state index is 4.85. The third kappa shape index (κ3) is 2.73. The quantitative estimate of drug-likeness (QED) is 0.751. The van der Waals surface area contributed by atoms with E-state index in [0.717, 1.165) is 16.4 Å². The molecule has 2 nitrogen and oxygen atoms in total. The predicted octanol–water partition coefficient (Wildman–Crippen LogP) is 4.84. The van der Waals surface area contributed by atoms with Gasteiger partial charge in [-0.25, -0.2) is 4.99 Å². The van der Waals surface area contributed by atoms with E-state index in [1.165, 1.54) is 31.4 Å². The zero-order valence-corrected chi connectivity index (χ0v) is 13.1. The summed E-state index contributed by atoms with van der Waals surface area (Å²) in [6, 6.07) is 10.9. The fraction of sp³-hybridized carbons (Fsp3) is 0.471. The highest BCUT2D eigenvalue weighted by molar-refractivity contribution is 7.07. The van der Waals surface area contributed by atoms with Gasteiger partial charge < -0.3 is 4.57 Å². The number of hydrogen-bond acceptors (Lipinski definition) is 2. The molecule has 0 aliphatic heterocycles. The molecule has 3 heteroatoms. The van der Waals surface area contributed by atoms with Crippen LogP contribution in [0.1, 0.15) is 44.3 Å². The van der Waals surface area contributed by atoms with Crippen molar-refractivity contribution in [2.24, 2.45) is 10.9 Å². The van der Waals surface area contributed by atoms with Crippen LogP contribution < -0.4 is 4.80 Å². The number of benzene rings is 1. The van der Waals surface area contributed by atoms with E-state index < -0.39 is 0 Å². The van der Waals surface area contributed by atoms with E-state index in [4.69, 9.17) is 4.99 Å². The van der Waals surface area contributed by atoms with Gasteiger partial charge in [-0.05, 0) is 37.8 Å². The smallest absolute Gasteiger partial charge is 0.190 e. The molecule has 2 aromatic rings. The van der Waals surface area contributed by atoms with Crippen LogP contribution in [0.25, 0.3) is 0 Å². The summed E-state index contributed by atoms with van der Waals surface area (Å²) in [7, 11) is 0. The van der Waals surface area contributed by atoms with Gasteiger partial charge in [-0.3, -0.25) is 0 Å². The van der Waals surface area contributed by atoms with Crippen LogP contribution >= 0.6 is 11.3 Å². The molecule has 0 spiro atoms. The molecule has 3 rings (SSSR count). The Morgan fingerprint density at radius 2 is 1.90 bits per heavy atom. The largest absolute Gasteiger partial charge is 0.318 e. The summed E-state index contributed by atoms with van der Waals surface area (Å²) >= 11 is 1.76. The van der Waals surface area contributed by atoms with Gasteiger partial charge in [0.2, 0.25) is 0 Å². The second-order valence-corrected chi connectivity index (χ2v) is 6.64. The monoisotopic (exact) mass is 286 g/mol. The number of rotatable bonds is 2. The summed E-state index contributed by atoms with van der Waals surface area (Å²) in [5, 5.41) is 2.24. The first-order chi connectivity index (χ1) is 9.75. The molecule has 0 saturated heterocycles. The highest BCUT2D eigenvalue weighted by Gasteiger charge is 2.24. The van der Waals surface area contributed by atoms with E-state index in [1.807, 2.05) is 18.2 Å². The molecule has 1 fully saturated rings. The lowest BCUT2D eigenvalue weighted by Gasteiger charge is -2.30. The van der Waals surface area contributed by atoms with E-state index >= 15 is 0 Å². The number of aromatic nitrogens is 1. The van der Waals surface area contributed by atoms with Crippen LogP contribution in [0.15, 0.2) is 40.7 Å². The van der Waals surface area contributed by atoms with Crippen LogP contribution in [0.4, 0.5) is 5.69 Å². The SMILES string of the molecule is Cc1csc(=Nc2ccccc2)n1C1CCCCC1C. The molecule has 1 heterocycles. The molecule has 0 N–H and O–H groups in total. The average molecular weight is 286 g/mol. The number of hydrogen-bond donors (Lipinski definition) is 0. The van der Waals surface area contributed by atoms with Gasteiger partial charge in [0, 0.05) is 17.1 Å². The lowest BCUT2D eigenvalue weighted by atomic mass is 9.85. The van der Waals surface area contributed by atoms with Gasteiger partial charge >= 0.3 is 0 Å². The van der Waals surface area contributed by atoms with Crippen LogP contribution in [0.2, 0.25) is 0 Å². The Labute approximate surface area is 124 Å². The van der Waals surface area contributed by atoms with E-state index in [-0.39, 0.29) is 0 Å². The molecule has 1 saturated carbocycles. The zero-order valence-electron chi connectivity index (χ0n) is 12.2. The Morgan fingerprint density at radius 3 is 2.65 bits per heavy atom. The van der Waals surface area contributed by atoms with Gasteiger partial charge in [0.25, 0.3) is 0 Å². The zero-order chi connectivity index (χ0) is 13.9. The predicted molar refractivity (Wildman–Crippen MR) is 85.4 cm³/mol. The molecular weight excluding hydrogens is 264 g/mol. The topological polar surface area (TPSA) is 17.3 Å². The summed E-state index contributed by atoms with van der Waals surface area (Å²) in [5.74, 6) is 0.756. The molecule has 1 aliphatic rings. The fourth-order valence-electron chi connectivity index (χ4n) is 3.18. The highest BCUT2D eigenvalue weighted by Crippen LogP contribution is 2.33. The molecule has 2 unspecified atom stereocenters. The maximum Gasteiger partial charge on any atom is 0.190 e. The molecule has 2 atom stereocenters. The third-order valence-corrected chi connectivity index (χ3v) is 5.26. The van der Waals surface area contributed by atoms with Crippen molar-refractivity contribution in [3.05, 3.63) is 46.2 Å². The van der Waals surface area contributed by atoms with Crippen LogP contribution in [-0.4, -0.2) is 4.57 Å². The summed E-state index contributed by atoms with van der Waals surface area (Å²) in [6.07, 6.45) is 5.37. The Kier molecular flexibility index (Phi) is 4.06. The van der Waals surface area contributed by atoms with Crippen molar-refractivity contribution in [1.82, 2.24) is 4.57 Å². The first-order valence-corrected chi connectivity index (χ1v) is 8.40. The maximum atomic E-state index is 4.85. The van der Waals surface area contributed by atoms with Crippen molar-refractivity contribution in [1.29, 1.82) is 0 Å². The second-order valence-electron chi connectivity index (χ2n) is 5.81. The van der Waals surface area contributed by atoms with Crippen molar-refractivity contribution in [3.8, 4) is 0 Å². The molecule has 0 radical (unpaired) electrons. The Morgan fingerprint density at radius 1 is 1.15 bits per heavy atom. The summed E-state index contributed by atoms with van der Waals surface area (Å²) in [4.78, 5) is 6.00. The minimum atomic E-state index is 0.623. The van der Waals surface area contributed by atoms with E-state index in [1.54, 1.807) is 11.3 Å². The summed E-state index contributed by atoms with van der Waals surface area (Å²) in [5.41, 5.74) is 2.40. The Balaban J connectivity index is 2.03. The van der Waals surface area contributed by atoms with Crippen LogP contribution in [0.3, 0.4) is 0 Å². The lowest BCUT2D eigenvalue weighted by molar-refractivity contribution is 0.251. The van der Waals surface area contributed by atoms with Crippen LogP contribution in [0, 0.1) is 12.8 Å². The molecule has 0 amide bonds. The minimum absolute atomic E-state index is 0.623. The number of aryl methyl sites for hydroxylation is 1. The van der Waals surface area contributed by atoms with Gasteiger partial charge in [-0.15, -0.1) is 11.3 Å². The lowest BCUT2D eigenvalue weighted by Crippen LogP contribution is -2.29. The first-order valence-electron chi connectivity index (χ1n) is 7.52. The van der Waals surface area contributed by atoms with Gasteiger partial charge in [0.05, 0.1) is 5.69 Å². The highest BCUT2D eigenvalue weighted by atomic mass is 32.1. The fourth-order valence-corrected chi connectivity index (χ4v) is 4.12.